The van der Waals surface area contributed by atoms with Crippen molar-refractivity contribution in [3.63, 3.8) is 0 Å². The Bertz CT molecular complexity index is 594. The van der Waals surface area contributed by atoms with Crippen molar-refractivity contribution in [1.82, 2.24) is 10.6 Å². The first-order valence-electron chi connectivity index (χ1n) is 9.43. The number of nitrogens with one attached hydrogen (secondary N) is 2. The van der Waals surface area contributed by atoms with Crippen LogP contribution in [0.1, 0.15) is 13.8 Å². The summed E-state index contributed by atoms with van der Waals surface area (Å²) in [7, 11) is 1.30. The average molecular weight is 438 g/mol. The van der Waals surface area contributed by atoms with Crippen LogP contribution in [0.2, 0.25) is 0 Å². The fourth-order valence-corrected chi connectivity index (χ4v) is 3.66. The minimum atomic E-state index is -1.62. The molecule has 0 bridgehead atoms. The first kappa shape index (κ1) is 24.8. The van der Waals surface area contributed by atoms with E-state index < -0.39 is 86.3 Å². The van der Waals surface area contributed by atoms with Crippen LogP contribution in [0.4, 0.5) is 0 Å². The number of hydrogen-bond donors (Lipinski definition) is 7. The predicted octanol–water partition coefficient (Wildman–Crippen LogP) is -4.46. The van der Waals surface area contributed by atoms with Gasteiger partial charge in [-0.3, -0.25) is 9.59 Å². The average Bonchev–Trinajstić information content (AvgIpc) is 2.68. The lowest BCUT2D eigenvalue weighted by Crippen LogP contribution is -2.69. The van der Waals surface area contributed by atoms with Gasteiger partial charge in [0.1, 0.15) is 48.7 Å². The number of amides is 2. The summed E-state index contributed by atoms with van der Waals surface area (Å²) in [6, 6.07) is -2.43. The molecule has 0 aliphatic carbocycles. The van der Waals surface area contributed by atoms with Crippen LogP contribution in [0.3, 0.4) is 0 Å². The number of aliphatic hydroxyl groups is 5. The Labute approximate surface area is 172 Å². The van der Waals surface area contributed by atoms with Crippen LogP contribution in [0.15, 0.2) is 0 Å². The molecule has 10 atom stereocenters. The maximum atomic E-state index is 11.6. The molecule has 2 fully saturated rings. The van der Waals surface area contributed by atoms with Crippen LogP contribution in [-0.4, -0.2) is 119 Å². The smallest absolute Gasteiger partial charge is 0.217 e. The van der Waals surface area contributed by atoms with Gasteiger partial charge in [0, 0.05) is 21.0 Å². The van der Waals surface area contributed by atoms with E-state index in [1.807, 2.05) is 0 Å². The molecule has 0 aromatic carbocycles. The molecule has 2 aliphatic heterocycles. The van der Waals surface area contributed by atoms with Gasteiger partial charge >= 0.3 is 0 Å². The second kappa shape index (κ2) is 10.7. The molecule has 0 saturated carbocycles. The summed E-state index contributed by atoms with van der Waals surface area (Å²) < 4.78 is 21.8. The number of carbonyl (C=O) groups is 2. The largest absolute Gasteiger partial charge is 0.394 e. The minimum absolute atomic E-state index is 0.515. The van der Waals surface area contributed by atoms with Crippen molar-refractivity contribution in [3.05, 3.63) is 0 Å². The van der Waals surface area contributed by atoms with E-state index in [4.69, 9.17) is 18.9 Å². The lowest BCUT2D eigenvalue weighted by atomic mass is 9.94. The molecule has 13 heteroatoms. The molecular formula is C17H30N2O11. The summed E-state index contributed by atoms with van der Waals surface area (Å²) in [5.74, 6) is -1.06. The molecule has 13 nitrogen and oxygen atoms in total. The molecule has 0 spiro atoms. The van der Waals surface area contributed by atoms with Gasteiger partial charge in [-0.2, -0.15) is 0 Å². The molecular weight excluding hydrogens is 408 g/mol. The molecule has 7 N–H and O–H groups in total. The first-order valence-corrected chi connectivity index (χ1v) is 9.43. The Morgan fingerprint density at radius 2 is 1.37 bits per heavy atom. The van der Waals surface area contributed by atoms with E-state index in [0.29, 0.717) is 0 Å². The topological polar surface area (TPSA) is 196 Å². The van der Waals surface area contributed by atoms with Crippen molar-refractivity contribution in [2.24, 2.45) is 0 Å². The molecule has 2 amide bonds. The van der Waals surface area contributed by atoms with Gasteiger partial charge in [-0.15, -0.1) is 0 Å². The van der Waals surface area contributed by atoms with Crippen molar-refractivity contribution in [1.29, 1.82) is 0 Å². The predicted molar refractivity (Wildman–Crippen MR) is 96.6 cm³/mol. The lowest BCUT2D eigenvalue weighted by molar-refractivity contribution is -0.329. The Hall–Kier alpha value is -1.42. The molecule has 0 aromatic heterocycles. The van der Waals surface area contributed by atoms with Gasteiger partial charge in [-0.05, 0) is 0 Å². The van der Waals surface area contributed by atoms with Crippen LogP contribution < -0.4 is 10.6 Å². The van der Waals surface area contributed by atoms with Gasteiger partial charge in [-0.25, -0.2) is 0 Å². The molecule has 0 radical (unpaired) electrons. The molecule has 2 aliphatic rings. The number of ether oxygens (including phenoxy) is 4. The number of rotatable bonds is 7. The summed E-state index contributed by atoms with van der Waals surface area (Å²) in [5.41, 5.74) is 0. The monoisotopic (exact) mass is 438 g/mol. The molecule has 2 rings (SSSR count). The number of aliphatic hydroxyl groups excluding tert-OH is 5. The van der Waals surface area contributed by atoms with E-state index in [0.717, 1.165) is 0 Å². The van der Waals surface area contributed by atoms with E-state index in [2.05, 4.69) is 10.6 Å². The van der Waals surface area contributed by atoms with E-state index in [9.17, 15) is 35.1 Å². The zero-order chi connectivity index (χ0) is 22.6. The summed E-state index contributed by atoms with van der Waals surface area (Å²) >= 11 is 0. The quantitative estimate of drug-likeness (QED) is 0.202. The highest BCUT2D eigenvalue weighted by Crippen LogP contribution is 2.29. The van der Waals surface area contributed by atoms with Crippen molar-refractivity contribution in [2.45, 2.75) is 75.1 Å². The van der Waals surface area contributed by atoms with E-state index >= 15 is 0 Å². The number of carbonyl (C=O) groups excluding carboxylic acids is 2. The lowest BCUT2D eigenvalue weighted by Gasteiger charge is -2.47. The van der Waals surface area contributed by atoms with Gasteiger partial charge in [0.2, 0.25) is 11.8 Å². The zero-order valence-electron chi connectivity index (χ0n) is 16.9. The fraction of sp³-hybridized carbons (Fsp3) is 0.882. The third-order valence-corrected chi connectivity index (χ3v) is 5.03. The van der Waals surface area contributed by atoms with Gasteiger partial charge < -0.3 is 55.1 Å². The first-order chi connectivity index (χ1) is 14.1. The second-order valence-corrected chi connectivity index (χ2v) is 7.21. The SMILES string of the molecule is CO[C@H]1C(CO)O[C@H](O[C@H]2C(CO)O[C@@H](O)C(NC(C)=O)[C@@H]2O)C(NC(C)=O)[C@H]1O. The Morgan fingerprint density at radius 3 is 1.87 bits per heavy atom. The Morgan fingerprint density at radius 1 is 0.867 bits per heavy atom. The highest BCUT2D eigenvalue weighted by Gasteiger charge is 2.51. The van der Waals surface area contributed by atoms with Crippen molar-refractivity contribution in [2.75, 3.05) is 20.3 Å². The Balaban J connectivity index is 2.28. The molecule has 30 heavy (non-hydrogen) atoms. The maximum Gasteiger partial charge on any atom is 0.217 e. The van der Waals surface area contributed by atoms with E-state index in [1.54, 1.807) is 0 Å². The van der Waals surface area contributed by atoms with Gasteiger partial charge in [0.05, 0.1) is 13.2 Å². The highest BCUT2D eigenvalue weighted by atomic mass is 16.7. The third kappa shape index (κ3) is 5.43. The normalized spacial score (nSPS) is 41.9. The molecule has 2 saturated heterocycles. The van der Waals surface area contributed by atoms with Crippen LogP contribution in [0.5, 0.6) is 0 Å². The minimum Gasteiger partial charge on any atom is -0.394 e. The van der Waals surface area contributed by atoms with E-state index in [1.165, 1.54) is 21.0 Å². The second-order valence-electron chi connectivity index (χ2n) is 7.21. The van der Waals surface area contributed by atoms with Crippen molar-refractivity contribution >= 4 is 11.8 Å². The van der Waals surface area contributed by atoms with Crippen LogP contribution in [-0.2, 0) is 28.5 Å². The van der Waals surface area contributed by atoms with Crippen LogP contribution >= 0.6 is 0 Å². The zero-order valence-corrected chi connectivity index (χ0v) is 16.9. The van der Waals surface area contributed by atoms with E-state index in [-0.39, 0.29) is 0 Å². The summed E-state index contributed by atoms with van der Waals surface area (Å²) in [6.07, 6.45) is -10.4. The van der Waals surface area contributed by atoms with Crippen molar-refractivity contribution in [3.8, 4) is 0 Å². The number of methoxy groups -OCH3 is 1. The number of hydrogen-bond acceptors (Lipinski definition) is 11. The maximum absolute atomic E-state index is 11.6. The van der Waals surface area contributed by atoms with Crippen LogP contribution in [0.25, 0.3) is 0 Å². The van der Waals surface area contributed by atoms with Crippen LogP contribution in [0, 0.1) is 0 Å². The highest BCUT2D eigenvalue weighted by molar-refractivity contribution is 5.73. The summed E-state index contributed by atoms with van der Waals surface area (Å²) in [5, 5.41) is 55.3. The standard InChI is InChI=1S/C17H30N2O11/c1-6(22)18-10-12(24)15(9(5-21)28-16(10)26)30-17-11(19-7(2)23)13(25)14(27-3)8(4-20)29-17/h8-17,20-21,24-26H,4-5H2,1-3H3,(H,18,22)(H,19,23)/t8?,9?,10?,11?,12-,13+,14-,15-,16+,17+/m0/s1. The summed E-state index contributed by atoms with van der Waals surface area (Å²) in [4.78, 5) is 23.0. The Kier molecular flexibility index (Phi) is 8.90. The fourth-order valence-electron chi connectivity index (χ4n) is 3.66. The van der Waals surface area contributed by atoms with Gasteiger partial charge in [-0.1, -0.05) is 0 Å². The van der Waals surface area contributed by atoms with Crippen molar-refractivity contribution < 1.29 is 54.1 Å². The van der Waals surface area contributed by atoms with Gasteiger partial charge in [0.15, 0.2) is 12.6 Å². The third-order valence-electron chi connectivity index (χ3n) is 5.03. The van der Waals surface area contributed by atoms with Gasteiger partial charge in [0.25, 0.3) is 0 Å². The molecule has 4 unspecified atom stereocenters. The molecule has 0 aromatic rings. The summed E-state index contributed by atoms with van der Waals surface area (Å²) in [6.45, 7) is 1.19. The molecule has 174 valence electrons. The molecule has 2 heterocycles.